The molecular formula is C18H16FN5O. The Morgan fingerprint density at radius 2 is 2.12 bits per heavy atom. The highest BCUT2D eigenvalue weighted by atomic mass is 19.1. The molecule has 0 spiro atoms. The number of aromatic nitrogens is 3. The van der Waals surface area contributed by atoms with Gasteiger partial charge in [0.05, 0.1) is 0 Å². The number of hydrogen-bond acceptors (Lipinski definition) is 4. The summed E-state index contributed by atoms with van der Waals surface area (Å²) in [5.74, 6) is -0.348. The van der Waals surface area contributed by atoms with Crippen LogP contribution in [0.1, 0.15) is 22.5 Å². The Labute approximate surface area is 143 Å². The molecule has 3 heterocycles. The van der Waals surface area contributed by atoms with Crippen molar-refractivity contribution in [2.24, 2.45) is 0 Å². The number of aromatic amines is 1. The second-order valence-corrected chi connectivity index (χ2v) is 5.91. The topological polar surface area (TPSA) is 87.9 Å². The number of amides is 1. The van der Waals surface area contributed by atoms with E-state index in [0.717, 1.165) is 22.0 Å². The van der Waals surface area contributed by atoms with E-state index in [1.807, 2.05) is 12.3 Å². The maximum atomic E-state index is 13.3. The maximum absolute atomic E-state index is 13.3. The number of nitrogen functional groups attached to an aromatic ring is 1. The normalized spacial score (nSPS) is 14.6. The van der Waals surface area contributed by atoms with Crippen LogP contribution >= 0.6 is 0 Å². The van der Waals surface area contributed by atoms with Gasteiger partial charge in [0.1, 0.15) is 5.82 Å². The molecular weight excluding hydrogens is 321 g/mol. The number of benzene rings is 1. The Kier molecular flexibility index (Phi) is 3.68. The molecule has 1 aromatic carbocycles. The molecule has 0 atom stereocenters. The first-order chi connectivity index (χ1) is 12.1. The van der Waals surface area contributed by atoms with Gasteiger partial charge in [0.2, 0.25) is 0 Å². The fourth-order valence-electron chi connectivity index (χ4n) is 3.13. The fraction of sp³-hybridized carbons (Fsp3) is 0.167. The van der Waals surface area contributed by atoms with E-state index in [4.69, 9.17) is 5.73 Å². The zero-order valence-electron chi connectivity index (χ0n) is 13.4. The Morgan fingerprint density at radius 3 is 2.88 bits per heavy atom. The molecule has 6 nitrogen and oxygen atoms in total. The molecule has 1 aliphatic rings. The van der Waals surface area contributed by atoms with Crippen molar-refractivity contribution < 1.29 is 9.18 Å². The molecule has 0 saturated heterocycles. The predicted octanol–water partition coefficient (Wildman–Crippen LogP) is 2.61. The highest BCUT2D eigenvalue weighted by Gasteiger charge is 2.23. The molecule has 7 heteroatoms. The molecule has 4 rings (SSSR count). The number of nitrogens with zero attached hydrogens (tertiary/aromatic N) is 3. The van der Waals surface area contributed by atoms with Gasteiger partial charge in [0.15, 0.2) is 11.5 Å². The van der Waals surface area contributed by atoms with Crippen LogP contribution in [0, 0.1) is 5.82 Å². The van der Waals surface area contributed by atoms with Crippen LogP contribution in [0.25, 0.3) is 16.5 Å². The quantitative estimate of drug-likeness (QED) is 0.752. The van der Waals surface area contributed by atoms with Gasteiger partial charge in [-0.15, -0.1) is 0 Å². The van der Waals surface area contributed by atoms with Crippen LogP contribution in [-0.4, -0.2) is 38.8 Å². The number of rotatable bonds is 2. The lowest BCUT2D eigenvalue weighted by molar-refractivity contribution is 0.0768. The lowest BCUT2D eigenvalue weighted by Crippen LogP contribution is -2.35. The zero-order valence-corrected chi connectivity index (χ0v) is 13.4. The van der Waals surface area contributed by atoms with Crippen molar-refractivity contribution in [3.05, 3.63) is 59.9 Å². The first-order valence-electron chi connectivity index (χ1n) is 7.95. The molecule has 1 amide bonds. The molecule has 126 valence electrons. The van der Waals surface area contributed by atoms with E-state index in [2.05, 4.69) is 15.0 Å². The molecule has 0 radical (unpaired) electrons. The number of halogens is 1. The average molecular weight is 337 g/mol. The molecule has 2 aromatic heterocycles. The summed E-state index contributed by atoms with van der Waals surface area (Å²) in [5, 5.41) is 0.977. The molecule has 3 N–H and O–H groups in total. The third-order valence-electron chi connectivity index (χ3n) is 4.42. The Hall–Kier alpha value is -3.22. The third kappa shape index (κ3) is 2.73. The minimum atomic E-state index is -0.267. The van der Waals surface area contributed by atoms with E-state index < -0.39 is 0 Å². The van der Waals surface area contributed by atoms with E-state index in [1.165, 1.54) is 24.5 Å². The molecule has 1 aliphatic heterocycles. The van der Waals surface area contributed by atoms with Crippen molar-refractivity contribution in [2.45, 2.75) is 6.42 Å². The van der Waals surface area contributed by atoms with Gasteiger partial charge < -0.3 is 15.6 Å². The number of nitrogens with two attached hydrogens (primary N) is 1. The van der Waals surface area contributed by atoms with E-state index >= 15 is 0 Å². The Morgan fingerprint density at radius 1 is 1.28 bits per heavy atom. The largest absolute Gasteiger partial charge is 0.382 e. The Balaban J connectivity index is 1.58. The van der Waals surface area contributed by atoms with Gasteiger partial charge in [-0.1, -0.05) is 6.08 Å². The summed E-state index contributed by atoms with van der Waals surface area (Å²) in [5.41, 5.74) is 8.86. The van der Waals surface area contributed by atoms with Gasteiger partial charge in [0, 0.05) is 48.1 Å². The molecule has 0 unspecified atom stereocenters. The minimum absolute atomic E-state index is 0.140. The van der Waals surface area contributed by atoms with Gasteiger partial charge in [-0.3, -0.25) is 4.79 Å². The van der Waals surface area contributed by atoms with Crippen molar-refractivity contribution in [3.8, 4) is 0 Å². The molecule has 0 fully saturated rings. The molecule has 0 saturated carbocycles. The van der Waals surface area contributed by atoms with Gasteiger partial charge in [-0.05, 0) is 30.2 Å². The second-order valence-electron chi connectivity index (χ2n) is 5.91. The summed E-state index contributed by atoms with van der Waals surface area (Å²) in [6.45, 7) is 1.03. The number of anilines is 1. The van der Waals surface area contributed by atoms with Crippen molar-refractivity contribution in [1.82, 2.24) is 19.9 Å². The van der Waals surface area contributed by atoms with Crippen LogP contribution in [0.2, 0.25) is 0 Å². The van der Waals surface area contributed by atoms with E-state index in [1.54, 1.807) is 11.0 Å². The lowest BCUT2D eigenvalue weighted by Gasteiger charge is -2.26. The monoisotopic (exact) mass is 337 g/mol. The number of nitrogens with one attached hydrogen (secondary N) is 1. The summed E-state index contributed by atoms with van der Waals surface area (Å²) < 4.78 is 13.3. The van der Waals surface area contributed by atoms with Crippen LogP contribution in [0.15, 0.2) is 42.9 Å². The van der Waals surface area contributed by atoms with E-state index in [9.17, 15) is 9.18 Å². The number of H-pyrrole nitrogens is 1. The highest BCUT2D eigenvalue weighted by molar-refractivity contribution is 5.97. The SMILES string of the molecule is Nc1nccnc1C(=O)N1CC=C(c2c[nH]c3cc(F)ccc23)CC1. The van der Waals surface area contributed by atoms with Crippen LogP contribution < -0.4 is 5.73 Å². The number of hydrogen-bond donors (Lipinski definition) is 2. The molecule has 3 aromatic rings. The minimum Gasteiger partial charge on any atom is -0.382 e. The lowest BCUT2D eigenvalue weighted by atomic mass is 9.98. The highest BCUT2D eigenvalue weighted by Crippen LogP contribution is 2.30. The first-order valence-corrected chi connectivity index (χ1v) is 7.95. The van der Waals surface area contributed by atoms with Crippen LogP contribution in [0.3, 0.4) is 0 Å². The zero-order chi connectivity index (χ0) is 17.4. The maximum Gasteiger partial charge on any atom is 0.276 e. The van der Waals surface area contributed by atoms with E-state index in [0.29, 0.717) is 19.5 Å². The van der Waals surface area contributed by atoms with Gasteiger partial charge in [-0.2, -0.15) is 0 Å². The summed E-state index contributed by atoms with van der Waals surface area (Å²) >= 11 is 0. The summed E-state index contributed by atoms with van der Waals surface area (Å²) in [6.07, 6.45) is 7.52. The van der Waals surface area contributed by atoms with Crippen molar-refractivity contribution in [3.63, 3.8) is 0 Å². The van der Waals surface area contributed by atoms with Crippen LogP contribution in [-0.2, 0) is 0 Å². The number of fused-ring (bicyclic) bond motifs is 1. The van der Waals surface area contributed by atoms with Gasteiger partial charge in [-0.25, -0.2) is 14.4 Å². The predicted molar refractivity (Wildman–Crippen MR) is 93.2 cm³/mol. The third-order valence-corrected chi connectivity index (χ3v) is 4.42. The van der Waals surface area contributed by atoms with Crippen molar-refractivity contribution >= 4 is 28.2 Å². The Bertz CT molecular complexity index is 994. The molecule has 0 bridgehead atoms. The van der Waals surface area contributed by atoms with Crippen LogP contribution in [0.4, 0.5) is 10.2 Å². The summed E-state index contributed by atoms with van der Waals surface area (Å²) in [7, 11) is 0. The van der Waals surface area contributed by atoms with E-state index in [-0.39, 0.29) is 23.2 Å². The van der Waals surface area contributed by atoms with Gasteiger partial charge in [0.25, 0.3) is 5.91 Å². The summed E-state index contributed by atoms with van der Waals surface area (Å²) in [4.78, 5) is 25.3. The fourth-order valence-corrected chi connectivity index (χ4v) is 3.13. The van der Waals surface area contributed by atoms with Crippen LogP contribution in [0.5, 0.6) is 0 Å². The second kappa shape index (κ2) is 6.01. The smallest absolute Gasteiger partial charge is 0.276 e. The standard InChI is InChI=1S/C18H16FN5O/c19-12-1-2-13-14(10-23-15(13)9-12)11-3-7-24(8-4-11)18(25)16-17(20)22-6-5-21-16/h1-3,5-6,9-10,23H,4,7-8H2,(H2,20,22). The molecule has 0 aliphatic carbocycles. The first kappa shape index (κ1) is 15.3. The van der Waals surface area contributed by atoms with Gasteiger partial charge >= 0.3 is 0 Å². The van der Waals surface area contributed by atoms with Crippen molar-refractivity contribution in [2.75, 3.05) is 18.8 Å². The van der Waals surface area contributed by atoms with Crippen molar-refractivity contribution in [1.29, 1.82) is 0 Å². The number of carbonyl (C=O) groups is 1. The number of carbonyl (C=O) groups excluding carboxylic acids is 1. The summed E-state index contributed by atoms with van der Waals surface area (Å²) in [6, 6.07) is 4.71. The average Bonchev–Trinajstić information content (AvgIpc) is 3.04. The molecule has 25 heavy (non-hydrogen) atoms.